The summed E-state index contributed by atoms with van der Waals surface area (Å²) < 4.78 is 47.7. The number of ether oxygens (including phenoxy) is 1. The molecule has 3 aromatic carbocycles. The normalized spacial score (nSPS) is 14.5. The molecule has 0 unspecified atom stereocenters. The number of amides is 2. The topological polar surface area (TPSA) is 112 Å². The van der Waals surface area contributed by atoms with E-state index >= 15 is 0 Å². The molecular weight excluding hydrogens is 519 g/mol. The van der Waals surface area contributed by atoms with E-state index in [1.165, 1.54) is 40.7 Å². The largest absolute Gasteiger partial charge is 0.456 e. The molecule has 1 fully saturated rings. The summed E-state index contributed by atoms with van der Waals surface area (Å²) in [5, 5.41) is 15.2. The SMILES string of the molecule is Cc1cc(Cl)cc(Oc2ccc(C#N)cc2S(=O)(=O)N2CCC(NC(=O)Nc3cccc(F)c3)CC2)c1. The number of nitriles is 1. The smallest absolute Gasteiger partial charge is 0.319 e. The monoisotopic (exact) mass is 542 g/mol. The molecule has 0 aromatic heterocycles. The third-order valence-corrected chi connectivity index (χ3v) is 7.94. The number of anilines is 1. The molecule has 1 saturated heterocycles. The molecule has 4 rings (SSSR count). The highest BCUT2D eigenvalue weighted by Gasteiger charge is 2.32. The van der Waals surface area contributed by atoms with Gasteiger partial charge in [0.2, 0.25) is 10.0 Å². The fraction of sp³-hybridized carbons (Fsp3) is 0.231. The average molecular weight is 543 g/mol. The van der Waals surface area contributed by atoms with Gasteiger partial charge in [0.1, 0.15) is 22.2 Å². The molecule has 0 spiro atoms. The zero-order valence-corrected chi connectivity index (χ0v) is 21.4. The van der Waals surface area contributed by atoms with E-state index < -0.39 is 21.9 Å². The van der Waals surface area contributed by atoms with E-state index in [1.54, 1.807) is 24.3 Å². The molecule has 2 N–H and O–H groups in total. The lowest BCUT2D eigenvalue weighted by molar-refractivity contribution is 0.238. The van der Waals surface area contributed by atoms with E-state index in [1.807, 2.05) is 13.0 Å². The van der Waals surface area contributed by atoms with Gasteiger partial charge in [-0.25, -0.2) is 17.6 Å². The van der Waals surface area contributed by atoms with Crippen molar-refractivity contribution in [1.29, 1.82) is 5.26 Å². The summed E-state index contributed by atoms with van der Waals surface area (Å²) in [6, 6.07) is 16.0. The van der Waals surface area contributed by atoms with Gasteiger partial charge in [0.25, 0.3) is 0 Å². The van der Waals surface area contributed by atoms with Crippen molar-refractivity contribution in [3.05, 3.63) is 82.6 Å². The quantitative estimate of drug-likeness (QED) is 0.431. The maximum atomic E-state index is 13.6. The fourth-order valence-electron chi connectivity index (χ4n) is 4.05. The van der Waals surface area contributed by atoms with Crippen LogP contribution in [0.2, 0.25) is 5.02 Å². The van der Waals surface area contributed by atoms with Crippen LogP contribution in [0, 0.1) is 24.1 Å². The van der Waals surface area contributed by atoms with Gasteiger partial charge in [-0.3, -0.25) is 0 Å². The van der Waals surface area contributed by atoms with Gasteiger partial charge in [-0.15, -0.1) is 0 Å². The average Bonchev–Trinajstić information content (AvgIpc) is 2.84. The summed E-state index contributed by atoms with van der Waals surface area (Å²) in [6.07, 6.45) is 0.745. The number of carbonyl (C=O) groups is 1. The molecular formula is C26H24ClFN4O4S. The van der Waals surface area contributed by atoms with Crippen LogP contribution in [0.4, 0.5) is 14.9 Å². The minimum atomic E-state index is -4.02. The van der Waals surface area contributed by atoms with Gasteiger partial charge in [0, 0.05) is 29.8 Å². The molecule has 1 aliphatic rings. The Morgan fingerprint density at radius 2 is 1.89 bits per heavy atom. The summed E-state index contributed by atoms with van der Waals surface area (Å²) in [5.74, 6) is -0.0145. The number of urea groups is 1. The van der Waals surface area contributed by atoms with Crippen molar-refractivity contribution < 1.29 is 22.3 Å². The van der Waals surface area contributed by atoms with Crippen molar-refractivity contribution in [3.63, 3.8) is 0 Å². The lowest BCUT2D eigenvalue weighted by atomic mass is 10.1. The summed E-state index contributed by atoms with van der Waals surface area (Å²) in [6.45, 7) is 2.14. The Hall–Kier alpha value is -3.65. The lowest BCUT2D eigenvalue weighted by Gasteiger charge is -2.32. The Morgan fingerprint density at radius 3 is 2.57 bits per heavy atom. The zero-order chi connectivity index (χ0) is 26.6. The Balaban J connectivity index is 1.46. The number of halogens is 2. The number of nitrogens with zero attached hydrogens (tertiary/aromatic N) is 2. The van der Waals surface area contributed by atoms with Gasteiger partial charge in [0.15, 0.2) is 0 Å². The molecule has 0 atom stereocenters. The number of rotatable bonds is 6. The standard InChI is InChI=1S/C26H24ClFN4O4S/c1-17-11-19(27)14-23(12-17)36-24-6-5-18(16-29)13-25(24)37(34,35)32-9-7-21(8-10-32)30-26(33)31-22-4-2-3-20(28)15-22/h2-6,11-15,21H,7-10H2,1H3,(H2,30,31,33). The summed E-state index contributed by atoms with van der Waals surface area (Å²) >= 11 is 6.12. The van der Waals surface area contributed by atoms with Crippen molar-refractivity contribution in [2.45, 2.75) is 30.7 Å². The molecule has 0 radical (unpaired) electrons. The van der Waals surface area contributed by atoms with Crippen LogP contribution in [0.1, 0.15) is 24.0 Å². The predicted molar refractivity (Wildman–Crippen MR) is 138 cm³/mol. The molecule has 2 amide bonds. The molecule has 0 saturated carbocycles. The van der Waals surface area contributed by atoms with Crippen LogP contribution in [0.25, 0.3) is 0 Å². The van der Waals surface area contributed by atoms with Crippen molar-refractivity contribution in [1.82, 2.24) is 9.62 Å². The van der Waals surface area contributed by atoms with E-state index in [4.69, 9.17) is 16.3 Å². The minimum Gasteiger partial charge on any atom is -0.456 e. The number of hydrogen-bond donors (Lipinski definition) is 2. The molecule has 11 heteroatoms. The molecule has 37 heavy (non-hydrogen) atoms. The third-order valence-electron chi connectivity index (χ3n) is 5.81. The van der Waals surface area contributed by atoms with Crippen LogP contribution >= 0.6 is 11.6 Å². The van der Waals surface area contributed by atoms with Crippen LogP contribution in [-0.2, 0) is 10.0 Å². The lowest BCUT2D eigenvalue weighted by Crippen LogP contribution is -2.47. The van der Waals surface area contributed by atoms with Crippen molar-refractivity contribution in [3.8, 4) is 17.6 Å². The number of benzene rings is 3. The van der Waals surface area contributed by atoms with Gasteiger partial charge >= 0.3 is 6.03 Å². The first-order valence-corrected chi connectivity index (χ1v) is 13.3. The van der Waals surface area contributed by atoms with Crippen molar-refractivity contribution in [2.75, 3.05) is 18.4 Å². The van der Waals surface area contributed by atoms with Crippen LogP contribution in [-0.4, -0.2) is 37.9 Å². The summed E-state index contributed by atoms with van der Waals surface area (Å²) in [5.41, 5.74) is 1.34. The van der Waals surface area contributed by atoms with Gasteiger partial charge in [-0.2, -0.15) is 9.57 Å². The fourth-order valence-corrected chi connectivity index (χ4v) is 5.94. The van der Waals surface area contributed by atoms with E-state index in [0.29, 0.717) is 29.3 Å². The van der Waals surface area contributed by atoms with Crippen LogP contribution in [0.15, 0.2) is 65.6 Å². The zero-order valence-electron chi connectivity index (χ0n) is 19.9. The van der Waals surface area contributed by atoms with E-state index in [9.17, 15) is 22.9 Å². The third kappa shape index (κ3) is 6.57. The van der Waals surface area contributed by atoms with Gasteiger partial charge in [-0.1, -0.05) is 17.7 Å². The highest BCUT2D eigenvalue weighted by atomic mass is 35.5. The summed E-state index contributed by atoms with van der Waals surface area (Å²) in [4.78, 5) is 12.2. The first kappa shape index (κ1) is 26.4. The molecule has 1 aliphatic heterocycles. The molecule has 3 aromatic rings. The number of aryl methyl sites for hydroxylation is 1. The van der Waals surface area contributed by atoms with Gasteiger partial charge in [-0.05, 0) is 79.9 Å². The van der Waals surface area contributed by atoms with E-state index in [-0.39, 0.29) is 35.3 Å². The van der Waals surface area contributed by atoms with Crippen molar-refractivity contribution in [2.24, 2.45) is 0 Å². The summed E-state index contributed by atoms with van der Waals surface area (Å²) in [7, 11) is -4.02. The van der Waals surface area contributed by atoms with E-state index in [0.717, 1.165) is 5.56 Å². The highest BCUT2D eigenvalue weighted by Crippen LogP contribution is 2.34. The first-order valence-electron chi connectivity index (χ1n) is 11.5. The van der Waals surface area contributed by atoms with Crippen LogP contribution < -0.4 is 15.4 Å². The second-order valence-electron chi connectivity index (χ2n) is 8.63. The van der Waals surface area contributed by atoms with Crippen LogP contribution in [0.5, 0.6) is 11.5 Å². The molecule has 0 bridgehead atoms. The Morgan fingerprint density at radius 1 is 1.14 bits per heavy atom. The number of hydrogen-bond acceptors (Lipinski definition) is 5. The molecule has 8 nitrogen and oxygen atoms in total. The molecule has 1 heterocycles. The maximum absolute atomic E-state index is 13.6. The van der Waals surface area contributed by atoms with E-state index in [2.05, 4.69) is 10.6 Å². The Labute approximate surface area is 219 Å². The molecule has 192 valence electrons. The maximum Gasteiger partial charge on any atom is 0.319 e. The molecule has 0 aliphatic carbocycles. The van der Waals surface area contributed by atoms with Gasteiger partial charge in [0.05, 0.1) is 11.6 Å². The number of piperidine rings is 1. The van der Waals surface area contributed by atoms with Gasteiger partial charge < -0.3 is 15.4 Å². The number of carbonyl (C=O) groups excluding carboxylic acids is 1. The Bertz CT molecular complexity index is 1450. The number of nitrogens with one attached hydrogen (secondary N) is 2. The van der Waals surface area contributed by atoms with Crippen molar-refractivity contribution >= 4 is 33.3 Å². The Kier molecular flexibility index (Phi) is 7.97. The first-order chi connectivity index (χ1) is 17.6. The second kappa shape index (κ2) is 11.2. The van der Waals surface area contributed by atoms with Crippen LogP contribution in [0.3, 0.4) is 0 Å². The highest BCUT2D eigenvalue weighted by molar-refractivity contribution is 7.89. The number of sulfonamides is 1. The second-order valence-corrected chi connectivity index (χ2v) is 11.0. The predicted octanol–water partition coefficient (Wildman–Crippen LogP) is 5.43. The minimum absolute atomic E-state index is 0.0791.